The van der Waals surface area contributed by atoms with Crippen molar-refractivity contribution in [1.82, 2.24) is 0 Å². The quantitative estimate of drug-likeness (QED) is 0.339. The van der Waals surface area contributed by atoms with Crippen molar-refractivity contribution in [2.45, 2.75) is 77.6 Å². The number of alkyl halides is 2. The van der Waals surface area contributed by atoms with E-state index in [2.05, 4.69) is 0 Å². The van der Waals surface area contributed by atoms with Crippen molar-refractivity contribution in [3.63, 3.8) is 0 Å². The summed E-state index contributed by atoms with van der Waals surface area (Å²) in [4.78, 5) is 26.0. The van der Waals surface area contributed by atoms with E-state index in [1.165, 1.54) is 0 Å². The second-order valence-electron chi connectivity index (χ2n) is 9.67. The zero-order valence-electron chi connectivity index (χ0n) is 19.8. The molecule has 7 nitrogen and oxygen atoms in total. The van der Waals surface area contributed by atoms with Crippen LogP contribution < -0.4 is 4.74 Å². The Balaban J connectivity index is 1.74. The van der Waals surface area contributed by atoms with Gasteiger partial charge in [-0.15, -0.1) is 0 Å². The van der Waals surface area contributed by atoms with Crippen molar-refractivity contribution in [3.8, 4) is 5.75 Å². The van der Waals surface area contributed by atoms with Crippen LogP contribution >= 0.6 is 0 Å². The molecule has 190 valence electrons. The summed E-state index contributed by atoms with van der Waals surface area (Å²) in [6.07, 6.45) is 1.30. The van der Waals surface area contributed by atoms with E-state index in [-0.39, 0.29) is 17.8 Å². The molecule has 0 radical (unpaired) electrons. The molecule has 2 aliphatic carbocycles. The highest BCUT2D eigenvalue weighted by Gasteiger charge is 2.53. The number of rotatable bonds is 6. The van der Waals surface area contributed by atoms with Gasteiger partial charge in [0.15, 0.2) is 6.10 Å². The van der Waals surface area contributed by atoms with E-state index >= 15 is 0 Å². The third-order valence-electron chi connectivity index (χ3n) is 7.21. The molecular formula is C24H32F2O7S. The number of hydrogen-bond donors (Lipinski definition) is 1. The average Bonchev–Trinajstić information content (AvgIpc) is 2.74. The lowest BCUT2D eigenvalue weighted by atomic mass is 9.61. The molecule has 5 atom stereocenters. The smallest absolute Gasteiger partial charge is 0.405 e. The van der Waals surface area contributed by atoms with Crippen LogP contribution in [0.2, 0.25) is 0 Å². The molecule has 0 amide bonds. The number of halogens is 2. The third-order valence-corrected chi connectivity index (χ3v) is 8.23. The van der Waals surface area contributed by atoms with E-state index < -0.39 is 39.3 Å². The molecule has 2 aliphatic rings. The summed E-state index contributed by atoms with van der Waals surface area (Å²) in [5, 5.41) is -4.61. The lowest BCUT2D eigenvalue weighted by Gasteiger charge is -2.43. The lowest BCUT2D eigenvalue weighted by molar-refractivity contribution is -0.171. The summed E-state index contributed by atoms with van der Waals surface area (Å²) in [6, 6.07) is 3.88. The average molecular weight is 503 g/mol. The SMILES string of the molecule is Cc1cc(C)c(OC(=O)C2CCCC3C(C(=O)OC(C)C(F)(F)S(=O)(=O)O)CCCC23)c(C)c1. The molecule has 1 aromatic carbocycles. The highest BCUT2D eigenvalue weighted by Crippen LogP contribution is 2.48. The highest BCUT2D eigenvalue weighted by molar-refractivity contribution is 7.86. The Morgan fingerprint density at radius 2 is 1.44 bits per heavy atom. The zero-order valence-corrected chi connectivity index (χ0v) is 20.7. The van der Waals surface area contributed by atoms with Gasteiger partial charge in [-0.2, -0.15) is 17.2 Å². The predicted octanol–water partition coefficient (Wildman–Crippen LogP) is 4.76. The molecule has 0 aromatic heterocycles. The molecule has 3 rings (SSSR count). The van der Waals surface area contributed by atoms with Crippen LogP contribution in [0.25, 0.3) is 0 Å². The maximum Gasteiger partial charge on any atom is 0.405 e. The van der Waals surface area contributed by atoms with Crippen LogP contribution in [-0.4, -0.2) is 36.3 Å². The monoisotopic (exact) mass is 502 g/mol. The first-order valence-electron chi connectivity index (χ1n) is 11.6. The van der Waals surface area contributed by atoms with Gasteiger partial charge < -0.3 is 9.47 Å². The number of ether oxygens (including phenoxy) is 2. The molecule has 1 aromatic rings. The molecular weight excluding hydrogens is 470 g/mol. The molecule has 5 unspecified atom stereocenters. The van der Waals surface area contributed by atoms with Gasteiger partial charge in [0.25, 0.3) is 0 Å². The van der Waals surface area contributed by atoms with Crippen LogP contribution in [-0.2, 0) is 24.4 Å². The molecule has 0 aliphatic heterocycles. The van der Waals surface area contributed by atoms with Crippen molar-refractivity contribution in [3.05, 3.63) is 28.8 Å². The van der Waals surface area contributed by atoms with E-state index in [0.29, 0.717) is 44.3 Å². The number of benzene rings is 1. The number of carbonyl (C=O) groups is 2. The van der Waals surface area contributed by atoms with Gasteiger partial charge in [-0.25, -0.2) is 0 Å². The van der Waals surface area contributed by atoms with E-state index in [1.54, 1.807) is 0 Å². The summed E-state index contributed by atoms with van der Waals surface area (Å²) in [5.74, 6) is -2.31. The Hall–Kier alpha value is -2.07. The minimum Gasteiger partial charge on any atom is -0.455 e. The summed E-state index contributed by atoms with van der Waals surface area (Å²) in [5.41, 5.74) is 2.78. The van der Waals surface area contributed by atoms with Crippen LogP contribution in [0.3, 0.4) is 0 Å². The molecule has 1 N–H and O–H groups in total. The predicted molar refractivity (Wildman–Crippen MR) is 120 cm³/mol. The van der Waals surface area contributed by atoms with Gasteiger partial charge in [-0.3, -0.25) is 14.1 Å². The van der Waals surface area contributed by atoms with Crippen molar-refractivity contribution >= 4 is 22.1 Å². The fraction of sp³-hybridized carbons (Fsp3) is 0.667. The highest BCUT2D eigenvalue weighted by atomic mass is 32.2. The van der Waals surface area contributed by atoms with Crippen LogP contribution in [0.5, 0.6) is 5.75 Å². The summed E-state index contributed by atoms with van der Waals surface area (Å²) < 4.78 is 69.1. The molecule has 34 heavy (non-hydrogen) atoms. The number of esters is 2. The fourth-order valence-electron chi connectivity index (χ4n) is 5.63. The largest absolute Gasteiger partial charge is 0.455 e. The third kappa shape index (κ3) is 5.27. The van der Waals surface area contributed by atoms with E-state index in [0.717, 1.165) is 23.6 Å². The molecule has 2 fully saturated rings. The topological polar surface area (TPSA) is 107 Å². The second-order valence-corrected chi connectivity index (χ2v) is 11.2. The maximum atomic E-state index is 13.9. The summed E-state index contributed by atoms with van der Waals surface area (Å²) in [7, 11) is -5.73. The Morgan fingerprint density at radius 1 is 0.971 bits per heavy atom. The van der Waals surface area contributed by atoms with E-state index in [1.807, 2.05) is 32.9 Å². The molecule has 0 heterocycles. The van der Waals surface area contributed by atoms with Crippen molar-refractivity contribution in [1.29, 1.82) is 0 Å². The fourth-order valence-corrected chi connectivity index (χ4v) is 6.10. The minimum absolute atomic E-state index is 0.156. The molecule has 0 saturated heterocycles. The number of aryl methyl sites for hydroxylation is 3. The van der Waals surface area contributed by atoms with Gasteiger partial charge in [-0.1, -0.05) is 30.5 Å². The standard InChI is InChI=1S/C24H32F2O7S/c1-13-11-14(2)21(15(3)12-13)33-23(28)20-10-6-7-17-18(20)8-5-9-19(17)22(27)32-16(4)24(25,26)34(29,30)31/h11-12,16-20H,5-10H2,1-4H3,(H,29,30,31). The van der Waals surface area contributed by atoms with Gasteiger partial charge >= 0.3 is 27.3 Å². The van der Waals surface area contributed by atoms with Crippen molar-refractivity contribution < 1.29 is 40.8 Å². The minimum atomic E-state index is -5.73. The Kier molecular flexibility index (Phi) is 7.72. The number of fused-ring (bicyclic) bond motifs is 1. The van der Waals surface area contributed by atoms with Gasteiger partial charge in [0.2, 0.25) is 0 Å². The summed E-state index contributed by atoms with van der Waals surface area (Å²) in [6.45, 7) is 6.45. The Bertz CT molecular complexity index is 1030. The first-order valence-corrected chi connectivity index (χ1v) is 13.0. The molecule has 10 heteroatoms. The van der Waals surface area contributed by atoms with Crippen molar-refractivity contribution in [2.75, 3.05) is 0 Å². The lowest BCUT2D eigenvalue weighted by Crippen LogP contribution is -2.46. The maximum absolute atomic E-state index is 13.9. The Morgan fingerprint density at radius 3 is 1.91 bits per heavy atom. The van der Waals surface area contributed by atoms with Gasteiger partial charge in [0.05, 0.1) is 11.8 Å². The second kappa shape index (κ2) is 9.89. The Labute approximate surface area is 198 Å². The van der Waals surface area contributed by atoms with Gasteiger partial charge in [0, 0.05) is 0 Å². The molecule has 0 spiro atoms. The van der Waals surface area contributed by atoms with Crippen molar-refractivity contribution in [2.24, 2.45) is 23.7 Å². The zero-order chi connectivity index (χ0) is 25.4. The van der Waals surface area contributed by atoms with Crippen LogP contribution in [0.4, 0.5) is 8.78 Å². The number of hydrogen-bond acceptors (Lipinski definition) is 6. The number of carbonyl (C=O) groups excluding carboxylic acids is 2. The first-order chi connectivity index (χ1) is 15.7. The van der Waals surface area contributed by atoms with Crippen LogP contribution in [0.1, 0.15) is 62.1 Å². The van der Waals surface area contributed by atoms with Gasteiger partial charge in [-0.05, 0) is 76.3 Å². The van der Waals surface area contributed by atoms with E-state index in [9.17, 15) is 26.8 Å². The molecule has 2 saturated carbocycles. The molecule has 0 bridgehead atoms. The normalized spacial score (nSPS) is 26.3. The van der Waals surface area contributed by atoms with E-state index in [4.69, 9.17) is 14.0 Å². The first kappa shape index (κ1) is 26.5. The van der Waals surface area contributed by atoms with Crippen LogP contribution in [0, 0.1) is 44.4 Å². The summed E-state index contributed by atoms with van der Waals surface area (Å²) >= 11 is 0. The van der Waals surface area contributed by atoms with Gasteiger partial charge in [0.1, 0.15) is 5.75 Å². The van der Waals surface area contributed by atoms with Crippen LogP contribution in [0.15, 0.2) is 12.1 Å².